The molecule has 0 bridgehead atoms. The number of benzene rings is 2. The van der Waals surface area contributed by atoms with Gasteiger partial charge in [-0.3, -0.25) is 4.79 Å². The van der Waals surface area contributed by atoms with Gasteiger partial charge in [-0.2, -0.15) is 13.2 Å². The molecule has 2 aromatic carbocycles. The molecule has 2 aliphatic rings. The van der Waals surface area contributed by atoms with Crippen molar-refractivity contribution in [2.75, 3.05) is 29.9 Å². The lowest BCUT2D eigenvalue weighted by molar-refractivity contribution is -0.137. The Morgan fingerprint density at radius 3 is 2.47 bits per heavy atom. The summed E-state index contributed by atoms with van der Waals surface area (Å²) in [5.41, 5.74) is 0.616. The second-order valence-electron chi connectivity index (χ2n) is 9.81. The molecule has 0 radical (unpaired) electrons. The van der Waals surface area contributed by atoms with Gasteiger partial charge in [0.1, 0.15) is 0 Å². The van der Waals surface area contributed by atoms with Gasteiger partial charge in [0.2, 0.25) is 0 Å². The zero-order valence-electron chi connectivity index (χ0n) is 19.6. The maximum absolute atomic E-state index is 13.0. The first-order valence-corrected chi connectivity index (χ1v) is 11.8. The molecule has 184 valence electrons. The molecule has 0 saturated carbocycles. The van der Waals surface area contributed by atoms with E-state index in [-0.39, 0.29) is 11.2 Å². The smallest absolute Gasteiger partial charge is 0.375 e. The second-order valence-corrected chi connectivity index (χ2v) is 9.81. The Morgan fingerprint density at radius 1 is 1.03 bits per heavy atom. The van der Waals surface area contributed by atoms with Crippen molar-refractivity contribution >= 4 is 17.3 Å². The van der Waals surface area contributed by atoms with E-state index < -0.39 is 17.6 Å². The van der Waals surface area contributed by atoms with Gasteiger partial charge in [0.15, 0.2) is 0 Å². The molecule has 2 fully saturated rings. The van der Waals surface area contributed by atoms with Gasteiger partial charge in [0.05, 0.1) is 11.2 Å². The molecule has 5 nitrogen and oxygen atoms in total. The maximum atomic E-state index is 13.0. The molecule has 2 aliphatic heterocycles. The number of hydrogen-bond acceptors (Lipinski definition) is 4. The van der Waals surface area contributed by atoms with Crippen LogP contribution in [-0.4, -0.2) is 43.3 Å². The maximum Gasteiger partial charge on any atom is 0.416 e. The molecule has 2 N–H and O–H groups in total. The third kappa shape index (κ3) is 6.30. The van der Waals surface area contributed by atoms with Crippen LogP contribution >= 0.6 is 0 Å². The normalized spacial score (nSPS) is 21.3. The van der Waals surface area contributed by atoms with E-state index in [0.717, 1.165) is 63.2 Å². The van der Waals surface area contributed by atoms with Crippen molar-refractivity contribution in [3.63, 3.8) is 0 Å². The van der Waals surface area contributed by atoms with Crippen LogP contribution in [-0.2, 0) is 10.9 Å². The molecule has 1 unspecified atom stereocenters. The van der Waals surface area contributed by atoms with Crippen molar-refractivity contribution in [2.45, 2.75) is 63.4 Å². The fraction of sp³-hybridized carbons (Fsp3) is 0.500. The SMILES string of the molecule is CC1(C)CC(NC2CCN(c3cccc(NC(=O)c4cccc(C(F)(F)F)c4)c3)CC2)CCO1. The molecule has 1 amide bonds. The van der Waals surface area contributed by atoms with Gasteiger partial charge in [-0.05, 0) is 75.9 Å². The number of alkyl halides is 3. The summed E-state index contributed by atoms with van der Waals surface area (Å²) in [6, 6.07) is 12.9. The van der Waals surface area contributed by atoms with E-state index in [1.165, 1.54) is 12.1 Å². The molecule has 2 saturated heterocycles. The number of hydrogen-bond donors (Lipinski definition) is 2. The summed E-state index contributed by atoms with van der Waals surface area (Å²) in [7, 11) is 0. The summed E-state index contributed by atoms with van der Waals surface area (Å²) in [6.07, 6.45) is -0.381. The monoisotopic (exact) mass is 475 g/mol. The Morgan fingerprint density at radius 2 is 1.76 bits per heavy atom. The van der Waals surface area contributed by atoms with Crippen LogP contribution < -0.4 is 15.5 Å². The first kappa shape index (κ1) is 24.5. The highest BCUT2D eigenvalue weighted by Crippen LogP contribution is 2.30. The Bertz CT molecular complexity index is 1000. The Labute approximate surface area is 198 Å². The molecule has 1 atom stereocenters. The molecule has 2 heterocycles. The topological polar surface area (TPSA) is 53.6 Å². The highest BCUT2D eigenvalue weighted by Gasteiger charge is 2.32. The summed E-state index contributed by atoms with van der Waals surface area (Å²) >= 11 is 0. The predicted octanol–water partition coefficient (Wildman–Crippen LogP) is 5.47. The minimum absolute atomic E-state index is 0.0246. The van der Waals surface area contributed by atoms with E-state index in [9.17, 15) is 18.0 Å². The van der Waals surface area contributed by atoms with Crippen molar-refractivity contribution in [1.29, 1.82) is 0 Å². The number of rotatable bonds is 5. The lowest BCUT2D eigenvalue weighted by atomic mass is 9.92. The summed E-state index contributed by atoms with van der Waals surface area (Å²) in [6.45, 7) is 6.87. The number of nitrogens with one attached hydrogen (secondary N) is 2. The van der Waals surface area contributed by atoms with Gasteiger partial charge in [0, 0.05) is 48.7 Å². The largest absolute Gasteiger partial charge is 0.416 e. The standard InChI is InChI=1S/C26H32F3N3O2/c1-25(2)17-22(11-14-34-25)30-20-9-12-32(13-10-20)23-8-4-7-21(16-23)31-24(33)18-5-3-6-19(15-18)26(27,28)29/h3-8,15-16,20,22,30H,9-14,17H2,1-2H3,(H,31,33). The minimum Gasteiger partial charge on any atom is -0.375 e. The third-order valence-electron chi connectivity index (χ3n) is 6.58. The first-order chi connectivity index (χ1) is 16.1. The van der Waals surface area contributed by atoms with Crippen LogP contribution in [0.3, 0.4) is 0 Å². The zero-order valence-corrected chi connectivity index (χ0v) is 19.6. The number of anilines is 2. The van der Waals surface area contributed by atoms with Crippen LogP contribution in [0.1, 0.15) is 55.5 Å². The number of amides is 1. The lowest BCUT2D eigenvalue weighted by Gasteiger charge is -2.40. The van der Waals surface area contributed by atoms with E-state index in [1.807, 2.05) is 18.2 Å². The zero-order chi connectivity index (χ0) is 24.3. The molecule has 4 rings (SSSR count). The average molecular weight is 476 g/mol. The fourth-order valence-corrected chi connectivity index (χ4v) is 4.83. The van der Waals surface area contributed by atoms with E-state index in [2.05, 4.69) is 29.4 Å². The molecular formula is C26H32F3N3O2. The quantitative estimate of drug-likeness (QED) is 0.602. The number of carbonyl (C=O) groups excluding carboxylic acids is 1. The van der Waals surface area contributed by atoms with Gasteiger partial charge in [-0.1, -0.05) is 12.1 Å². The van der Waals surface area contributed by atoms with Gasteiger partial charge in [0.25, 0.3) is 5.91 Å². The summed E-state index contributed by atoms with van der Waals surface area (Å²) < 4.78 is 44.7. The molecule has 0 aliphatic carbocycles. The summed E-state index contributed by atoms with van der Waals surface area (Å²) in [5.74, 6) is -0.564. The molecule has 8 heteroatoms. The fourth-order valence-electron chi connectivity index (χ4n) is 4.83. The van der Waals surface area contributed by atoms with Crippen LogP contribution in [0.15, 0.2) is 48.5 Å². The van der Waals surface area contributed by atoms with E-state index in [1.54, 1.807) is 6.07 Å². The predicted molar refractivity (Wildman–Crippen MR) is 127 cm³/mol. The van der Waals surface area contributed by atoms with Crippen LogP contribution in [0.25, 0.3) is 0 Å². The number of ether oxygens (including phenoxy) is 1. The van der Waals surface area contributed by atoms with E-state index in [0.29, 0.717) is 17.8 Å². The van der Waals surface area contributed by atoms with Crippen molar-refractivity contribution in [3.8, 4) is 0 Å². The Kier molecular flexibility index (Phi) is 7.19. The van der Waals surface area contributed by atoms with Crippen molar-refractivity contribution < 1.29 is 22.7 Å². The van der Waals surface area contributed by atoms with Crippen molar-refractivity contribution in [2.24, 2.45) is 0 Å². The minimum atomic E-state index is -4.49. The van der Waals surface area contributed by atoms with Crippen LogP contribution in [0.5, 0.6) is 0 Å². The van der Waals surface area contributed by atoms with Gasteiger partial charge in [-0.25, -0.2) is 0 Å². The highest BCUT2D eigenvalue weighted by atomic mass is 19.4. The molecule has 0 spiro atoms. The molecule has 34 heavy (non-hydrogen) atoms. The molecule has 2 aromatic rings. The average Bonchev–Trinajstić information content (AvgIpc) is 2.79. The molecule has 0 aromatic heterocycles. The van der Waals surface area contributed by atoms with Crippen molar-refractivity contribution in [3.05, 3.63) is 59.7 Å². The van der Waals surface area contributed by atoms with Crippen LogP contribution in [0.4, 0.5) is 24.5 Å². The van der Waals surface area contributed by atoms with Crippen LogP contribution in [0, 0.1) is 0 Å². The molecular weight excluding hydrogens is 443 g/mol. The van der Waals surface area contributed by atoms with Gasteiger partial charge < -0.3 is 20.3 Å². The van der Waals surface area contributed by atoms with E-state index in [4.69, 9.17) is 4.74 Å². The first-order valence-electron chi connectivity index (χ1n) is 11.8. The van der Waals surface area contributed by atoms with E-state index >= 15 is 0 Å². The third-order valence-corrected chi connectivity index (χ3v) is 6.58. The Balaban J connectivity index is 1.33. The van der Waals surface area contributed by atoms with Gasteiger partial charge >= 0.3 is 6.18 Å². The number of carbonyl (C=O) groups is 1. The van der Waals surface area contributed by atoms with Crippen molar-refractivity contribution in [1.82, 2.24) is 5.32 Å². The second kappa shape index (κ2) is 9.96. The summed E-state index contributed by atoms with van der Waals surface area (Å²) in [5, 5.41) is 6.54. The number of nitrogens with zero attached hydrogens (tertiary/aromatic N) is 1. The number of piperidine rings is 1. The van der Waals surface area contributed by atoms with Crippen LogP contribution in [0.2, 0.25) is 0 Å². The summed E-state index contributed by atoms with van der Waals surface area (Å²) in [4.78, 5) is 14.8. The lowest BCUT2D eigenvalue weighted by Crippen LogP contribution is -2.50. The highest BCUT2D eigenvalue weighted by molar-refractivity contribution is 6.04. The van der Waals surface area contributed by atoms with Gasteiger partial charge in [-0.15, -0.1) is 0 Å². The number of halogens is 3. The Hall–Kier alpha value is -2.58.